The van der Waals surface area contributed by atoms with Crippen LogP contribution in [0.2, 0.25) is 0 Å². The molecular weight excluding hydrogens is 397 g/mol. The van der Waals surface area contributed by atoms with Crippen LogP contribution in [0.25, 0.3) is 4.24 Å². The minimum Gasteiger partial charge on any atom is -0.458 e. The fourth-order valence-electron chi connectivity index (χ4n) is 1.65. The standard InChI is InChI=1S/C8H10O3S.C7H7ClNO2S.Na/c1-7(12(9,10)11)8-5-3-2-4-6-8;1-6-2-4-7(5-3-6)12(10,11)9-8;/h2-7H,1H3,(H,9,10,11);2-5H,1H3;/q;-1;+1. The van der Waals surface area contributed by atoms with Crippen molar-refractivity contribution in [2.24, 2.45) is 0 Å². The van der Waals surface area contributed by atoms with Gasteiger partial charge in [-0.05, 0) is 31.5 Å². The van der Waals surface area contributed by atoms with E-state index in [0.29, 0.717) is 5.56 Å². The number of hydrogen-bond acceptors (Lipinski definition) is 4. The Labute approximate surface area is 175 Å². The summed E-state index contributed by atoms with van der Waals surface area (Å²) in [6.45, 7) is 3.32. The summed E-state index contributed by atoms with van der Waals surface area (Å²) >= 11 is 4.90. The molecule has 0 heterocycles. The zero-order valence-corrected chi connectivity index (χ0v) is 18.4. The van der Waals surface area contributed by atoms with E-state index in [1.165, 1.54) is 19.1 Å². The van der Waals surface area contributed by atoms with Crippen molar-refractivity contribution in [2.45, 2.75) is 24.0 Å². The Balaban J connectivity index is 0.000000443. The predicted octanol–water partition coefficient (Wildman–Crippen LogP) is 0.851. The van der Waals surface area contributed by atoms with E-state index in [9.17, 15) is 16.8 Å². The van der Waals surface area contributed by atoms with Gasteiger partial charge >= 0.3 is 29.6 Å². The van der Waals surface area contributed by atoms with E-state index in [-0.39, 0.29) is 34.5 Å². The van der Waals surface area contributed by atoms with E-state index >= 15 is 0 Å². The molecule has 0 fully saturated rings. The van der Waals surface area contributed by atoms with Crippen LogP contribution in [-0.2, 0) is 20.1 Å². The van der Waals surface area contributed by atoms with Crippen LogP contribution in [0.5, 0.6) is 0 Å². The van der Waals surface area contributed by atoms with Crippen LogP contribution in [0, 0.1) is 6.92 Å². The maximum absolute atomic E-state index is 11.0. The zero-order chi connectivity index (χ0) is 18.4. The molecule has 1 unspecified atom stereocenters. The molecule has 0 aliphatic rings. The van der Waals surface area contributed by atoms with Crippen LogP contribution in [0.1, 0.15) is 23.3 Å². The first-order chi connectivity index (χ1) is 11.1. The van der Waals surface area contributed by atoms with Gasteiger partial charge in [-0.1, -0.05) is 48.0 Å². The second kappa shape index (κ2) is 10.6. The van der Waals surface area contributed by atoms with Crippen LogP contribution >= 0.6 is 11.8 Å². The number of nitrogens with zero attached hydrogens (tertiary/aromatic N) is 1. The van der Waals surface area contributed by atoms with Crippen LogP contribution in [-0.4, -0.2) is 21.4 Å². The molecule has 1 N–H and O–H groups in total. The Morgan fingerprint density at radius 3 is 1.84 bits per heavy atom. The number of sulfonamides is 1. The van der Waals surface area contributed by atoms with Crippen molar-refractivity contribution >= 4 is 31.9 Å². The summed E-state index contributed by atoms with van der Waals surface area (Å²) in [6, 6.07) is 14.9. The van der Waals surface area contributed by atoms with Gasteiger partial charge in [0.1, 0.15) is 15.3 Å². The largest absolute Gasteiger partial charge is 1.00 e. The first kappa shape index (κ1) is 24.6. The number of hydrogen-bond donors (Lipinski definition) is 1. The van der Waals surface area contributed by atoms with Gasteiger partial charge in [-0.2, -0.15) is 8.42 Å². The summed E-state index contributed by atoms with van der Waals surface area (Å²) in [5.41, 5.74) is 1.59. The van der Waals surface area contributed by atoms with Crippen molar-refractivity contribution in [2.75, 3.05) is 0 Å². The molecule has 0 saturated carbocycles. The molecule has 0 spiro atoms. The van der Waals surface area contributed by atoms with Crippen molar-refractivity contribution in [1.29, 1.82) is 0 Å². The SMILES string of the molecule is CC(c1ccccc1)S(=O)(=O)O.Cc1ccc(S(=O)(=O)[N-]Cl)cc1.[Na+]. The molecule has 132 valence electrons. The van der Waals surface area contributed by atoms with Gasteiger partial charge in [-0.15, -0.1) is 0 Å². The summed E-state index contributed by atoms with van der Waals surface area (Å²) in [5, 5.41) is -0.848. The molecule has 2 rings (SSSR count). The third-order valence-corrected chi connectivity index (χ3v) is 5.89. The molecule has 6 nitrogen and oxygen atoms in total. The Morgan fingerprint density at radius 2 is 1.44 bits per heavy atom. The summed E-state index contributed by atoms with van der Waals surface area (Å²) in [7, 11) is -7.58. The fourth-order valence-corrected chi connectivity index (χ4v) is 2.95. The number of benzene rings is 2. The Morgan fingerprint density at radius 1 is 0.960 bits per heavy atom. The van der Waals surface area contributed by atoms with Gasteiger partial charge in [-0.3, -0.25) is 16.3 Å². The first-order valence-electron chi connectivity index (χ1n) is 6.74. The van der Waals surface area contributed by atoms with Crippen LogP contribution in [0.4, 0.5) is 0 Å². The van der Waals surface area contributed by atoms with Crippen molar-refractivity contribution < 1.29 is 50.9 Å². The molecule has 2 aromatic carbocycles. The normalized spacial score (nSPS) is 12.3. The molecule has 0 aliphatic heterocycles. The van der Waals surface area contributed by atoms with Crippen LogP contribution in [0.15, 0.2) is 59.5 Å². The average Bonchev–Trinajstić information content (AvgIpc) is 2.55. The van der Waals surface area contributed by atoms with E-state index in [0.717, 1.165) is 5.56 Å². The van der Waals surface area contributed by atoms with E-state index in [1.54, 1.807) is 42.5 Å². The molecule has 1 atom stereocenters. The molecule has 2 aromatic rings. The quantitative estimate of drug-likeness (QED) is 0.591. The van der Waals surface area contributed by atoms with E-state index in [4.69, 9.17) is 16.3 Å². The third-order valence-electron chi connectivity index (χ3n) is 3.13. The van der Waals surface area contributed by atoms with E-state index < -0.39 is 25.4 Å². The predicted molar refractivity (Wildman–Crippen MR) is 94.0 cm³/mol. The number of rotatable bonds is 4. The van der Waals surface area contributed by atoms with Gasteiger partial charge in [0, 0.05) is 4.90 Å². The summed E-state index contributed by atoms with van der Waals surface area (Å²) in [5.74, 6) is 0. The number of aryl methyl sites for hydroxylation is 1. The van der Waals surface area contributed by atoms with E-state index in [2.05, 4.69) is 4.24 Å². The zero-order valence-electron chi connectivity index (χ0n) is 14.0. The van der Waals surface area contributed by atoms with E-state index in [1.807, 2.05) is 6.92 Å². The Bertz CT molecular complexity index is 857. The Kier molecular flexibility index (Phi) is 10.4. The third kappa shape index (κ3) is 8.19. The summed E-state index contributed by atoms with van der Waals surface area (Å²) in [4.78, 5) is 0.114. The molecule has 0 amide bonds. The van der Waals surface area contributed by atoms with Crippen LogP contribution in [0.3, 0.4) is 0 Å². The van der Waals surface area contributed by atoms with Crippen LogP contribution < -0.4 is 29.6 Å². The second-order valence-electron chi connectivity index (χ2n) is 4.93. The monoisotopic (exact) mass is 413 g/mol. The molecule has 0 aromatic heterocycles. The summed E-state index contributed by atoms with van der Waals surface area (Å²) in [6.07, 6.45) is 0. The maximum Gasteiger partial charge on any atom is 1.00 e. The molecular formula is C15H17ClNNaO5S2. The molecule has 0 radical (unpaired) electrons. The van der Waals surface area contributed by atoms with Gasteiger partial charge in [0.2, 0.25) is 0 Å². The molecule has 10 heteroatoms. The summed E-state index contributed by atoms with van der Waals surface area (Å²) < 4.78 is 54.9. The smallest absolute Gasteiger partial charge is 0.458 e. The number of halogens is 1. The van der Waals surface area contributed by atoms with Crippen molar-refractivity contribution in [3.63, 3.8) is 0 Å². The first-order valence-corrected chi connectivity index (χ1v) is 10.0. The minimum atomic E-state index is -3.96. The second-order valence-corrected chi connectivity index (χ2v) is 8.64. The van der Waals surface area contributed by atoms with Crippen molar-refractivity contribution in [3.05, 3.63) is 70.0 Å². The van der Waals surface area contributed by atoms with Crippen molar-refractivity contribution in [3.8, 4) is 0 Å². The molecule has 0 bridgehead atoms. The minimum absolute atomic E-state index is 0. The molecule has 25 heavy (non-hydrogen) atoms. The molecule has 0 saturated heterocycles. The van der Waals surface area contributed by atoms with Crippen molar-refractivity contribution in [1.82, 2.24) is 0 Å². The Hall–Kier alpha value is -0.450. The topological polar surface area (TPSA) is 103 Å². The average molecular weight is 414 g/mol. The molecule has 0 aliphatic carbocycles. The maximum atomic E-state index is 11.0. The van der Waals surface area contributed by atoms with Gasteiger partial charge in [0.25, 0.3) is 10.1 Å². The van der Waals surface area contributed by atoms with Gasteiger partial charge in [0.15, 0.2) is 0 Å². The fraction of sp³-hybridized carbons (Fsp3) is 0.200. The van der Waals surface area contributed by atoms with Gasteiger partial charge in [0.05, 0.1) is 0 Å². The van der Waals surface area contributed by atoms with Gasteiger partial charge in [-0.25, -0.2) is 8.42 Å². The van der Waals surface area contributed by atoms with Gasteiger partial charge < -0.3 is 4.24 Å².